The van der Waals surface area contributed by atoms with Crippen LogP contribution in [0.3, 0.4) is 0 Å². The van der Waals surface area contributed by atoms with E-state index in [4.69, 9.17) is 18.6 Å². The Labute approximate surface area is 142 Å². The van der Waals surface area contributed by atoms with Crippen molar-refractivity contribution < 1.29 is 33.4 Å². The summed E-state index contributed by atoms with van der Waals surface area (Å²) in [6.07, 6.45) is 2.25. The summed E-state index contributed by atoms with van der Waals surface area (Å²) in [5.74, 6) is 0. The van der Waals surface area contributed by atoms with Crippen molar-refractivity contribution in [2.75, 3.05) is 0 Å². The van der Waals surface area contributed by atoms with E-state index in [1.54, 1.807) is 0 Å². The Morgan fingerprint density at radius 1 is 0.833 bits per heavy atom. The standard InChI is InChI=1S/C18H18N.ClHO4/c1-14-12-19(13-16-8-4-3-5-9-16)18-11-7-6-10-17(18)15(14)2;2-1(3,4)5/h3-12H,13H2,1-2H3;(H,2,3,4,5)/q+1;/p-1. The number of hydrogen-bond donors (Lipinski definition) is 0. The molecule has 2 aromatic carbocycles. The number of aryl methyl sites for hydroxylation is 2. The van der Waals surface area contributed by atoms with Gasteiger partial charge >= 0.3 is 0 Å². The highest BCUT2D eigenvalue weighted by atomic mass is 35.7. The van der Waals surface area contributed by atoms with Crippen LogP contribution >= 0.6 is 0 Å². The lowest BCUT2D eigenvalue weighted by atomic mass is 10.1. The van der Waals surface area contributed by atoms with Crippen molar-refractivity contribution in [2.45, 2.75) is 20.4 Å². The summed E-state index contributed by atoms with van der Waals surface area (Å²) < 4.78 is 36.3. The van der Waals surface area contributed by atoms with Gasteiger partial charge in [0.25, 0.3) is 0 Å². The highest BCUT2D eigenvalue weighted by Gasteiger charge is 2.13. The van der Waals surface area contributed by atoms with E-state index < -0.39 is 10.2 Å². The Hall–Kier alpha value is -2.02. The summed E-state index contributed by atoms with van der Waals surface area (Å²) in [6.45, 7) is 5.30. The monoisotopic (exact) mass is 347 g/mol. The molecule has 0 radical (unpaired) electrons. The molecule has 0 saturated carbocycles. The number of fused-ring (bicyclic) bond motifs is 1. The smallest absolute Gasteiger partial charge is 0.213 e. The SMILES string of the molecule is Cc1c[n+](Cc2ccccc2)c2ccccc2c1C.[O-][Cl+3]([O-])([O-])[O-]. The molecule has 0 spiro atoms. The zero-order chi connectivity index (χ0) is 17.7. The third-order valence-electron chi connectivity index (χ3n) is 3.75. The van der Waals surface area contributed by atoms with Crippen LogP contribution in [-0.4, -0.2) is 0 Å². The van der Waals surface area contributed by atoms with Crippen molar-refractivity contribution in [1.82, 2.24) is 0 Å². The van der Waals surface area contributed by atoms with E-state index in [1.165, 1.54) is 27.6 Å². The Balaban J connectivity index is 0.000000368. The maximum Gasteiger partial charge on any atom is 0.213 e. The quantitative estimate of drug-likeness (QED) is 0.557. The fourth-order valence-electron chi connectivity index (χ4n) is 2.56. The Bertz CT molecular complexity index is 810. The number of halogens is 1. The highest BCUT2D eigenvalue weighted by molar-refractivity contribution is 5.79. The lowest BCUT2D eigenvalue weighted by molar-refractivity contribution is -2.00. The van der Waals surface area contributed by atoms with E-state index in [0.29, 0.717) is 0 Å². The highest BCUT2D eigenvalue weighted by Crippen LogP contribution is 2.18. The average Bonchev–Trinajstić information content (AvgIpc) is 2.52. The molecular weight excluding hydrogens is 330 g/mol. The Morgan fingerprint density at radius 2 is 1.38 bits per heavy atom. The molecule has 0 N–H and O–H groups in total. The molecule has 6 heteroatoms. The molecule has 0 fully saturated rings. The first-order valence-corrected chi connectivity index (χ1v) is 8.53. The second-order valence-corrected chi connectivity index (χ2v) is 6.20. The van der Waals surface area contributed by atoms with Gasteiger partial charge in [0.2, 0.25) is 5.52 Å². The fourth-order valence-corrected chi connectivity index (χ4v) is 2.56. The fraction of sp³-hybridized carbons (Fsp3) is 0.167. The third kappa shape index (κ3) is 5.26. The molecule has 0 bridgehead atoms. The molecular formula is C18H18ClNO4. The lowest BCUT2D eigenvalue weighted by Crippen LogP contribution is -2.68. The van der Waals surface area contributed by atoms with Gasteiger partial charge in [0.1, 0.15) is 0 Å². The van der Waals surface area contributed by atoms with Crippen LogP contribution in [0.1, 0.15) is 16.7 Å². The van der Waals surface area contributed by atoms with Gasteiger partial charge < -0.3 is 0 Å². The predicted octanol–water partition coefficient (Wildman–Crippen LogP) is -0.964. The number of hydrogen-bond acceptors (Lipinski definition) is 4. The van der Waals surface area contributed by atoms with Gasteiger partial charge in [-0.15, -0.1) is 10.2 Å². The maximum absolute atomic E-state index is 8.49. The predicted molar refractivity (Wildman–Crippen MR) is 79.2 cm³/mol. The largest absolute Gasteiger partial charge is 0.222 e. The molecule has 5 nitrogen and oxygen atoms in total. The van der Waals surface area contributed by atoms with Crippen LogP contribution in [0.4, 0.5) is 0 Å². The van der Waals surface area contributed by atoms with Crippen molar-refractivity contribution in [2.24, 2.45) is 0 Å². The van der Waals surface area contributed by atoms with Crippen molar-refractivity contribution in [3.63, 3.8) is 0 Å². The first kappa shape index (κ1) is 18.3. The van der Waals surface area contributed by atoms with E-state index in [9.17, 15) is 0 Å². The van der Waals surface area contributed by atoms with Gasteiger partial charge in [0, 0.05) is 22.6 Å². The van der Waals surface area contributed by atoms with Crippen LogP contribution in [0.25, 0.3) is 10.9 Å². The van der Waals surface area contributed by atoms with Crippen molar-refractivity contribution in [3.05, 3.63) is 77.5 Å². The van der Waals surface area contributed by atoms with Gasteiger partial charge in [-0.2, -0.15) is 4.57 Å². The zero-order valence-corrected chi connectivity index (χ0v) is 14.2. The van der Waals surface area contributed by atoms with E-state index >= 15 is 0 Å². The zero-order valence-electron chi connectivity index (χ0n) is 13.4. The minimum absolute atomic E-state index is 0.919. The van der Waals surface area contributed by atoms with E-state index in [-0.39, 0.29) is 0 Å². The van der Waals surface area contributed by atoms with Gasteiger partial charge in [-0.3, -0.25) is 0 Å². The summed E-state index contributed by atoms with van der Waals surface area (Å²) in [7, 11) is -4.94. The van der Waals surface area contributed by atoms with Crippen LogP contribution in [0.2, 0.25) is 0 Å². The summed E-state index contributed by atoms with van der Waals surface area (Å²) in [6, 6.07) is 19.2. The molecule has 1 heterocycles. The normalized spacial score (nSPS) is 11.1. The number of benzene rings is 2. The molecule has 0 aliphatic carbocycles. The van der Waals surface area contributed by atoms with Gasteiger partial charge in [0.05, 0.1) is 0 Å². The Morgan fingerprint density at radius 3 is 2.00 bits per heavy atom. The molecule has 0 unspecified atom stereocenters. The third-order valence-corrected chi connectivity index (χ3v) is 3.75. The van der Waals surface area contributed by atoms with Crippen molar-refractivity contribution in [1.29, 1.82) is 0 Å². The second-order valence-electron chi connectivity index (χ2n) is 5.45. The molecule has 0 atom stereocenters. The van der Waals surface area contributed by atoms with Crippen molar-refractivity contribution >= 4 is 10.9 Å². The van der Waals surface area contributed by atoms with E-state index in [2.05, 4.69) is 79.2 Å². The summed E-state index contributed by atoms with van der Waals surface area (Å²) in [5.41, 5.74) is 5.35. The number of aromatic nitrogens is 1. The van der Waals surface area contributed by atoms with Crippen molar-refractivity contribution in [3.8, 4) is 0 Å². The topological polar surface area (TPSA) is 96.1 Å². The van der Waals surface area contributed by atoms with Crippen LogP contribution < -0.4 is 23.2 Å². The second kappa shape index (κ2) is 7.70. The number of para-hydroxylation sites is 1. The molecule has 3 rings (SSSR count). The first-order valence-electron chi connectivity index (χ1n) is 7.30. The summed E-state index contributed by atoms with van der Waals surface area (Å²) in [4.78, 5) is 0. The Kier molecular flexibility index (Phi) is 5.88. The molecule has 0 aliphatic rings. The summed E-state index contributed by atoms with van der Waals surface area (Å²) >= 11 is 0. The molecule has 0 saturated heterocycles. The van der Waals surface area contributed by atoms with Gasteiger partial charge in [-0.1, -0.05) is 42.5 Å². The molecule has 0 aliphatic heterocycles. The maximum atomic E-state index is 8.49. The minimum atomic E-state index is -4.94. The number of nitrogens with zero attached hydrogens (tertiary/aromatic N) is 1. The van der Waals surface area contributed by atoms with Gasteiger partial charge in [0.15, 0.2) is 12.7 Å². The van der Waals surface area contributed by atoms with Crippen LogP contribution in [0.5, 0.6) is 0 Å². The molecule has 24 heavy (non-hydrogen) atoms. The van der Waals surface area contributed by atoms with Gasteiger partial charge in [-0.05, 0) is 25.5 Å². The lowest BCUT2D eigenvalue weighted by Gasteiger charge is -2.17. The molecule has 0 amide bonds. The van der Waals surface area contributed by atoms with Crippen LogP contribution in [-0.2, 0) is 6.54 Å². The minimum Gasteiger partial charge on any atom is -0.222 e. The van der Waals surface area contributed by atoms with E-state index in [1.807, 2.05) is 0 Å². The number of rotatable bonds is 2. The molecule has 126 valence electrons. The van der Waals surface area contributed by atoms with Crippen LogP contribution in [0, 0.1) is 24.1 Å². The van der Waals surface area contributed by atoms with Crippen LogP contribution in [0.15, 0.2) is 60.8 Å². The number of pyridine rings is 1. The van der Waals surface area contributed by atoms with E-state index in [0.717, 1.165) is 6.54 Å². The molecule has 3 aromatic rings. The average molecular weight is 348 g/mol. The first-order chi connectivity index (χ1) is 11.3. The van der Waals surface area contributed by atoms with Gasteiger partial charge in [-0.25, -0.2) is 18.6 Å². The summed E-state index contributed by atoms with van der Waals surface area (Å²) in [5, 5.41) is 1.35. The molecule has 1 aromatic heterocycles.